The minimum atomic E-state index is -3.55. The zero-order chi connectivity index (χ0) is 15.1. The molecule has 1 aliphatic rings. The molecule has 0 aromatic heterocycles. The molecular formula is C15H22FNO3S. The molecule has 4 nitrogen and oxygen atoms in total. The molecule has 0 spiro atoms. The van der Waals surface area contributed by atoms with E-state index in [1.807, 2.05) is 0 Å². The molecule has 0 atom stereocenters. The van der Waals surface area contributed by atoms with Gasteiger partial charge in [0, 0.05) is 13.2 Å². The van der Waals surface area contributed by atoms with Crippen LogP contribution in [0.15, 0.2) is 29.2 Å². The molecule has 1 N–H and O–H groups in total. The van der Waals surface area contributed by atoms with Gasteiger partial charge in [-0.2, -0.15) is 0 Å². The zero-order valence-corrected chi connectivity index (χ0v) is 12.9. The molecule has 1 aromatic carbocycles. The Morgan fingerprint density at radius 2 is 1.81 bits per heavy atom. The summed E-state index contributed by atoms with van der Waals surface area (Å²) in [5.74, 6) is -0.449. The van der Waals surface area contributed by atoms with Gasteiger partial charge in [0.05, 0.1) is 11.0 Å². The average Bonchev–Trinajstić information content (AvgIpc) is 2.48. The molecule has 0 aliphatic heterocycles. The molecule has 1 saturated carbocycles. The Balaban J connectivity index is 1.68. The maximum atomic E-state index is 12.8. The third-order valence-electron chi connectivity index (χ3n) is 3.64. The molecule has 0 unspecified atom stereocenters. The van der Waals surface area contributed by atoms with Gasteiger partial charge in [0.2, 0.25) is 10.0 Å². The van der Waals surface area contributed by atoms with Gasteiger partial charge < -0.3 is 4.74 Å². The van der Waals surface area contributed by atoms with Gasteiger partial charge in [-0.05, 0) is 43.5 Å². The van der Waals surface area contributed by atoms with Gasteiger partial charge in [-0.15, -0.1) is 0 Å². The molecule has 0 radical (unpaired) electrons. The number of ether oxygens (including phenoxy) is 1. The molecule has 0 heterocycles. The number of sulfonamides is 1. The highest BCUT2D eigenvalue weighted by Crippen LogP contribution is 2.20. The van der Waals surface area contributed by atoms with E-state index >= 15 is 0 Å². The molecule has 1 aromatic rings. The predicted molar refractivity (Wildman–Crippen MR) is 79.0 cm³/mol. The molecule has 0 bridgehead atoms. The molecule has 21 heavy (non-hydrogen) atoms. The van der Waals surface area contributed by atoms with E-state index in [4.69, 9.17) is 4.74 Å². The summed E-state index contributed by atoms with van der Waals surface area (Å²) in [5.41, 5.74) is 0. The second kappa shape index (κ2) is 7.87. The van der Waals surface area contributed by atoms with Crippen molar-refractivity contribution in [3.05, 3.63) is 30.1 Å². The van der Waals surface area contributed by atoms with Crippen molar-refractivity contribution >= 4 is 10.0 Å². The van der Waals surface area contributed by atoms with Gasteiger partial charge in [0.25, 0.3) is 0 Å². The average molecular weight is 315 g/mol. The Morgan fingerprint density at radius 1 is 1.14 bits per heavy atom. The first kappa shape index (κ1) is 16.4. The van der Waals surface area contributed by atoms with E-state index in [0.717, 1.165) is 25.0 Å². The minimum Gasteiger partial charge on any atom is -0.378 e. The molecular weight excluding hydrogens is 293 g/mol. The first-order valence-corrected chi connectivity index (χ1v) is 8.93. The van der Waals surface area contributed by atoms with Crippen molar-refractivity contribution in [3.8, 4) is 0 Å². The monoisotopic (exact) mass is 315 g/mol. The van der Waals surface area contributed by atoms with E-state index in [9.17, 15) is 12.8 Å². The van der Waals surface area contributed by atoms with E-state index in [-0.39, 0.29) is 4.90 Å². The maximum absolute atomic E-state index is 12.8. The maximum Gasteiger partial charge on any atom is 0.240 e. The van der Waals surface area contributed by atoms with Gasteiger partial charge in [-0.3, -0.25) is 0 Å². The number of hydrogen-bond acceptors (Lipinski definition) is 3. The van der Waals surface area contributed by atoms with Crippen molar-refractivity contribution < 1.29 is 17.5 Å². The van der Waals surface area contributed by atoms with Crippen LogP contribution < -0.4 is 4.72 Å². The lowest BCUT2D eigenvalue weighted by Crippen LogP contribution is -2.26. The Labute approximate surface area is 125 Å². The van der Waals surface area contributed by atoms with Crippen LogP contribution in [0.2, 0.25) is 0 Å². The van der Waals surface area contributed by atoms with Crippen LogP contribution in [0, 0.1) is 5.82 Å². The standard InChI is InChI=1S/C15H22FNO3S/c16-13-7-9-15(10-8-13)21(18,19)17-11-4-12-20-14-5-2-1-3-6-14/h7-10,14,17H,1-6,11-12H2. The van der Waals surface area contributed by atoms with Crippen LogP contribution in [-0.2, 0) is 14.8 Å². The van der Waals surface area contributed by atoms with Crippen molar-refractivity contribution in [2.24, 2.45) is 0 Å². The Hall–Kier alpha value is -0.980. The van der Waals surface area contributed by atoms with Crippen LogP contribution in [0.4, 0.5) is 4.39 Å². The summed E-state index contributed by atoms with van der Waals surface area (Å²) < 4.78 is 44.9. The van der Waals surface area contributed by atoms with E-state index < -0.39 is 15.8 Å². The molecule has 0 saturated heterocycles. The number of halogens is 1. The van der Waals surface area contributed by atoms with Gasteiger partial charge in [-0.1, -0.05) is 19.3 Å². The van der Waals surface area contributed by atoms with E-state index in [2.05, 4.69) is 4.72 Å². The molecule has 6 heteroatoms. The third-order valence-corrected chi connectivity index (χ3v) is 5.12. The SMILES string of the molecule is O=S(=O)(NCCCOC1CCCCC1)c1ccc(F)cc1. The molecule has 2 rings (SSSR count). The first-order chi connectivity index (χ1) is 10.1. The Kier molecular flexibility index (Phi) is 6.14. The van der Waals surface area contributed by atoms with Crippen molar-refractivity contribution in [1.82, 2.24) is 4.72 Å². The fourth-order valence-corrected chi connectivity index (χ4v) is 3.53. The van der Waals surface area contributed by atoms with Crippen molar-refractivity contribution in [1.29, 1.82) is 0 Å². The van der Waals surface area contributed by atoms with Gasteiger partial charge >= 0.3 is 0 Å². The lowest BCUT2D eigenvalue weighted by molar-refractivity contribution is 0.0278. The van der Waals surface area contributed by atoms with Gasteiger partial charge in [0.15, 0.2) is 0 Å². The van der Waals surface area contributed by atoms with Crippen molar-refractivity contribution in [2.75, 3.05) is 13.2 Å². The van der Waals surface area contributed by atoms with Crippen LogP contribution in [0.25, 0.3) is 0 Å². The van der Waals surface area contributed by atoms with Gasteiger partial charge in [-0.25, -0.2) is 17.5 Å². The predicted octanol–water partition coefficient (Wildman–Crippen LogP) is 2.84. The first-order valence-electron chi connectivity index (χ1n) is 7.45. The summed E-state index contributed by atoms with van der Waals surface area (Å²) in [7, 11) is -3.55. The highest BCUT2D eigenvalue weighted by molar-refractivity contribution is 7.89. The minimum absolute atomic E-state index is 0.0806. The molecule has 1 aliphatic carbocycles. The third kappa shape index (κ3) is 5.37. The van der Waals surface area contributed by atoms with Crippen LogP contribution in [0.1, 0.15) is 38.5 Å². The van der Waals surface area contributed by atoms with Crippen molar-refractivity contribution in [3.63, 3.8) is 0 Å². The summed E-state index contributed by atoms with van der Waals surface area (Å²) in [6.07, 6.45) is 6.94. The highest BCUT2D eigenvalue weighted by Gasteiger charge is 2.15. The van der Waals surface area contributed by atoms with E-state index in [1.165, 1.54) is 31.4 Å². The molecule has 0 amide bonds. The van der Waals surface area contributed by atoms with Crippen LogP contribution in [0.5, 0.6) is 0 Å². The zero-order valence-electron chi connectivity index (χ0n) is 12.1. The second-order valence-electron chi connectivity index (χ2n) is 5.34. The lowest BCUT2D eigenvalue weighted by atomic mass is 9.98. The summed E-state index contributed by atoms with van der Waals surface area (Å²) in [6, 6.07) is 4.80. The smallest absolute Gasteiger partial charge is 0.240 e. The number of hydrogen-bond donors (Lipinski definition) is 1. The highest BCUT2D eigenvalue weighted by atomic mass is 32.2. The number of benzene rings is 1. The van der Waals surface area contributed by atoms with E-state index in [1.54, 1.807) is 0 Å². The van der Waals surface area contributed by atoms with Gasteiger partial charge in [0.1, 0.15) is 5.82 Å². The fourth-order valence-electron chi connectivity index (χ4n) is 2.46. The van der Waals surface area contributed by atoms with Crippen LogP contribution in [0.3, 0.4) is 0 Å². The quantitative estimate of drug-likeness (QED) is 0.787. The largest absolute Gasteiger partial charge is 0.378 e. The summed E-state index contributed by atoms with van der Waals surface area (Å²) in [4.78, 5) is 0.0806. The topological polar surface area (TPSA) is 55.4 Å². The fraction of sp³-hybridized carbons (Fsp3) is 0.600. The Bertz CT molecular complexity index is 524. The number of nitrogens with one attached hydrogen (secondary N) is 1. The van der Waals surface area contributed by atoms with Crippen molar-refractivity contribution in [2.45, 2.75) is 49.5 Å². The summed E-state index contributed by atoms with van der Waals surface area (Å²) in [6.45, 7) is 0.892. The molecule has 118 valence electrons. The normalized spacial score (nSPS) is 17.0. The summed E-state index contributed by atoms with van der Waals surface area (Å²) in [5, 5.41) is 0. The van der Waals surface area contributed by atoms with Crippen LogP contribution >= 0.6 is 0 Å². The molecule has 1 fully saturated rings. The Morgan fingerprint density at radius 3 is 2.48 bits per heavy atom. The summed E-state index contributed by atoms with van der Waals surface area (Å²) >= 11 is 0. The van der Waals surface area contributed by atoms with E-state index in [0.29, 0.717) is 25.7 Å². The lowest BCUT2D eigenvalue weighted by Gasteiger charge is -2.21. The van der Waals surface area contributed by atoms with Crippen LogP contribution in [-0.4, -0.2) is 27.7 Å². The second-order valence-corrected chi connectivity index (χ2v) is 7.10. The number of rotatable bonds is 7.